The highest BCUT2D eigenvalue weighted by Gasteiger charge is 2.35. The Bertz CT molecular complexity index is 1080. The molecule has 2 aliphatic rings. The molecular weight excluding hydrogens is 414 g/mol. The minimum atomic E-state index is -0.220. The summed E-state index contributed by atoms with van der Waals surface area (Å²) in [4.78, 5) is 16.3. The van der Waals surface area contributed by atoms with Crippen LogP contribution in [0.2, 0.25) is 0 Å². The number of fused-ring (bicyclic) bond motifs is 1. The third kappa shape index (κ3) is 4.22. The van der Waals surface area contributed by atoms with Crippen LogP contribution in [0.4, 0.5) is 0 Å². The average molecular weight is 438 g/mol. The van der Waals surface area contributed by atoms with Crippen molar-refractivity contribution < 1.29 is 18.7 Å². The Morgan fingerprint density at radius 2 is 2.06 bits per heavy atom. The summed E-state index contributed by atoms with van der Waals surface area (Å²) in [7, 11) is 1.93. The molecule has 0 saturated carbocycles. The first-order valence-electron chi connectivity index (χ1n) is 10.2. The molecule has 1 amide bonds. The monoisotopic (exact) mass is 437 g/mol. The molecule has 31 heavy (non-hydrogen) atoms. The first kappa shape index (κ1) is 19.8. The number of carbonyl (C=O) groups is 1. The molecule has 160 valence electrons. The number of hydrogen-bond donors (Lipinski definition) is 0. The molecule has 0 N–H and O–H groups in total. The van der Waals surface area contributed by atoms with Gasteiger partial charge in [0.05, 0.1) is 23.4 Å². The maximum absolute atomic E-state index is 13.2. The van der Waals surface area contributed by atoms with Crippen molar-refractivity contribution in [2.24, 2.45) is 5.10 Å². The van der Waals surface area contributed by atoms with Crippen molar-refractivity contribution in [3.8, 4) is 11.5 Å². The van der Waals surface area contributed by atoms with Crippen LogP contribution in [0.3, 0.4) is 0 Å². The van der Waals surface area contributed by atoms with Crippen molar-refractivity contribution >= 4 is 23.0 Å². The number of hydrazone groups is 1. The van der Waals surface area contributed by atoms with Crippen LogP contribution < -0.4 is 9.47 Å². The molecule has 1 unspecified atom stereocenters. The first-order chi connectivity index (χ1) is 15.2. The van der Waals surface area contributed by atoms with E-state index < -0.39 is 0 Å². The molecule has 1 atom stereocenters. The van der Waals surface area contributed by atoms with Crippen molar-refractivity contribution in [2.45, 2.75) is 19.0 Å². The summed E-state index contributed by atoms with van der Waals surface area (Å²) in [5, 5.41) is 8.27. The van der Waals surface area contributed by atoms with E-state index in [2.05, 4.69) is 5.10 Å². The van der Waals surface area contributed by atoms with Gasteiger partial charge >= 0.3 is 0 Å². The number of amides is 1. The highest BCUT2D eigenvalue weighted by molar-refractivity contribution is 7.12. The van der Waals surface area contributed by atoms with Gasteiger partial charge in [-0.1, -0.05) is 12.1 Å². The molecule has 2 aromatic heterocycles. The predicted octanol–water partition coefficient (Wildman–Crippen LogP) is 3.92. The molecule has 0 saturated heterocycles. The lowest BCUT2D eigenvalue weighted by Gasteiger charge is -2.24. The van der Waals surface area contributed by atoms with Crippen LogP contribution in [0.5, 0.6) is 11.5 Å². The quantitative estimate of drug-likeness (QED) is 0.585. The SMILES string of the molecule is CN(CC(=O)N1N=C(c2cccs2)CC1c1ccco1)Cc1ccc2c(c1)OCCO2. The largest absolute Gasteiger partial charge is 0.486 e. The van der Waals surface area contributed by atoms with Crippen LogP contribution in [0, 0.1) is 0 Å². The van der Waals surface area contributed by atoms with E-state index in [0.29, 0.717) is 26.2 Å². The first-order valence-corrected chi connectivity index (χ1v) is 11.1. The Morgan fingerprint density at radius 3 is 2.84 bits per heavy atom. The summed E-state index contributed by atoms with van der Waals surface area (Å²) in [6, 6.07) is 13.5. The fraction of sp³-hybridized carbons (Fsp3) is 0.304. The van der Waals surface area contributed by atoms with E-state index in [1.807, 2.05) is 59.8 Å². The molecule has 0 fully saturated rings. The van der Waals surface area contributed by atoms with E-state index in [1.165, 1.54) is 0 Å². The van der Waals surface area contributed by atoms with Gasteiger partial charge in [-0.15, -0.1) is 11.3 Å². The molecule has 2 aliphatic heterocycles. The topological polar surface area (TPSA) is 67.5 Å². The number of ether oxygens (including phenoxy) is 2. The second kappa shape index (κ2) is 8.56. The molecule has 0 radical (unpaired) electrons. The molecule has 7 nitrogen and oxygen atoms in total. The number of rotatable bonds is 6. The molecular formula is C23H23N3O4S. The van der Waals surface area contributed by atoms with Crippen molar-refractivity contribution in [1.29, 1.82) is 0 Å². The zero-order valence-electron chi connectivity index (χ0n) is 17.2. The van der Waals surface area contributed by atoms with Crippen molar-refractivity contribution in [2.75, 3.05) is 26.8 Å². The second-order valence-electron chi connectivity index (χ2n) is 7.65. The van der Waals surface area contributed by atoms with E-state index in [9.17, 15) is 4.79 Å². The van der Waals surface area contributed by atoms with Gasteiger partial charge in [0.2, 0.25) is 0 Å². The number of hydrogen-bond acceptors (Lipinski definition) is 7. The van der Waals surface area contributed by atoms with Crippen LogP contribution in [-0.2, 0) is 11.3 Å². The van der Waals surface area contributed by atoms with Crippen molar-refractivity contribution in [3.63, 3.8) is 0 Å². The fourth-order valence-electron chi connectivity index (χ4n) is 3.89. The summed E-state index contributed by atoms with van der Waals surface area (Å²) >= 11 is 1.63. The van der Waals surface area contributed by atoms with Crippen LogP contribution in [0.1, 0.15) is 28.7 Å². The Kier molecular flexibility index (Phi) is 5.48. The van der Waals surface area contributed by atoms with Gasteiger partial charge in [0.1, 0.15) is 25.0 Å². The van der Waals surface area contributed by atoms with Gasteiger partial charge in [-0.2, -0.15) is 5.10 Å². The molecule has 0 bridgehead atoms. The van der Waals surface area contributed by atoms with E-state index in [4.69, 9.17) is 13.9 Å². The molecule has 8 heteroatoms. The van der Waals surface area contributed by atoms with Gasteiger partial charge in [0.25, 0.3) is 5.91 Å². The molecule has 1 aromatic carbocycles. The zero-order chi connectivity index (χ0) is 21.2. The van der Waals surface area contributed by atoms with E-state index in [-0.39, 0.29) is 18.5 Å². The summed E-state index contributed by atoms with van der Waals surface area (Å²) in [6.07, 6.45) is 2.28. The molecule has 5 rings (SSSR count). The number of nitrogens with zero attached hydrogens (tertiary/aromatic N) is 3. The van der Waals surface area contributed by atoms with Gasteiger partial charge in [0.15, 0.2) is 11.5 Å². The van der Waals surface area contributed by atoms with Crippen LogP contribution in [0.25, 0.3) is 0 Å². The Balaban J connectivity index is 1.29. The summed E-state index contributed by atoms with van der Waals surface area (Å²) in [5.74, 6) is 2.21. The maximum atomic E-state index is 13.2. The molecule has 0 aliphatic carbocycles. The zero-order valence-corrected chi connectivity index (χ0v) is 18.0. The molecule has 3 aromatic rings. The van der Waals surface area contributed by atoms with Crippen molar-refractivity contribution in [3.05, 3.63) is 70.3 Å². The lowest BCUT2D eigenvalue weighted by molar-refractivity contribution is -0.134. The number of benzene rings is 1. The van der Waals surface area contributed by atoms with E-state index in [1.54, 1.807) is 22.6 Å². The second-order valence-corrected chi connectivity index (χ2v) is 8.60. The van der Waals surface area contributed by atoms with Gasteiger partial charge in [-0.25, -0.2) is 5.01 Å². The summed E-state index contributed by atoms with van der Waals surface area (Å²) in [5.41, 5.74) is 1.98. The maximum Gasteiger partial charge on any atom is 0.257 e. The third-order valence-corrected chi connectivity index (χ3v) is 6.23. The summed E-state index contributed by atoms with van der Waals surface area (Å²) < 4.78 is 16.9. The highest BCUT2D eigenvalue weighted by Crippen LogP contribution is 2.34. The lowest BCUT2D eigenvalue weighted by Crippen LogP contribution is -2.36. The third-order valence-electron chi connectivity index (χ3n) is 5.31. The molecule has 4 heterocycles. The fourth-order valence-corrected chi connectivity index (χ4v) is 4.61. The Labute approximate surface area is 184 Å². The number of thiophene rings is 1. The summed E-state index contributed by atoms with van der Waals surface area (Å²) in [6.45, 7) is 1.98. The normalized spacial score (nSPS) is 17.8. The van der Waals surface area contributed by atoms with Gasteiger partial charge < -0.3 is 13.9 Å². The Morgan fingerprint density at radius 1 is 1.19 bits per heavy atom. The van der Waals surface area contributed by atoms with Gasteiger partial charge in [-0.3, -0.25) is 9.69 Å². The lowest BCUT2D eigenvalue weighted by atomic mass is 10.1. The van der Waals surface area contributed by atoms with E-state index in [0.717, 1.165) is 33.4 Å². The van der Waals surface area contributed by atoms with Gasteiger partial charge in [0, 0.05) is 13.0 Å². The average Bonchev–Trinajstić information content (AvgIpc) is 3.54. The smallest absolute Gasteiger partial charge is 0.257 e. The number of likely N-dealkylation sites (N-methyl/N-ethyl adjacent to an activating group) is 1. The standard InChI is InChI=1S/C23H23N3O4S/c1-25(14-16-6-7-20-21(12-16)30-10-9-29-20)15-23(27)26-18(19-4-2-8-28-19)13-17(24-26)22-5-3-11-31-22/h2-8,11-12,18H,9-10,13-15H2,1H3. The minimum absolute atomic E-state index is 0.0620. The Hall–Kier alpha value is -3.10. The van der Waals surface area contributed by atoms with Crippen LogP contribution in [0.15, 0.2) is 63.6 Å². The van der Waals surface area contributed by atoms with Crippen molar-refractivity contribution in [1.82, 2.24) is 9.91 Å². The van der Waals surface area contributed by atoms with E-state index >= 15 is 0 Å². The number of furan rings is 1. The number of carbonyl (C=O) groups excluding carboxylic acids is 1. The van der Waals surface area contributed by atoms with Gasteiger partial charge in [-0.05, 0) is 48.3 Å². The molecule has 0 spiro atoms. The van der Waals surface area contributed by atoms with Crippen LogP contribution in [-0.4, -0.2) is 48.3 Å². The minimum Gasteiger partial charge on any atom is -0.486 e. The highest BCUT2D eigenvalue weighted by atomic mass is 32.1. The predicted molar refractivity (Wildman–Crippen MR) is 118 cm³/mol. The van der Waals surface area contributed by atoms with Crippen LogP contribution >= 0.6 is 11.3 Å².